The lowest BCUT2D eigenvalue weighted by molar-refractivity contribution is 0.403. The van der Waals surface area contributed by atoms with Crippen LogP contribution in [0.4, 0.5) is 0 Å². The number of benzene rings is 2. The van der Waals surface area contributed by atoms with Crippen molar-refractivity contribution in [3.8, 4) is 23.0 Å². The van der Waals surface area contributed by atoms with E-state index in [1.54, 1.807) is 30.4 Å². The van der Waals surface area contributed by atoms with Gasteiger partial charge in [-0.3, -0.25) is 0 Å². The molecule has 4 nitrogen and oxygen atoms in total. The van der Waals surface area contributed by atoms with Crippen LogP contribution in [0.1, 0.15) is 36.5 Å². The van der Waals surface area contributed by atoms with E-state index in [1.165, 1.54) is 12.1 Å². The third-order valence-electron chi connectivity index (χ3n) is 3.20. The summed E-state index contributed by atoms with van der Waals surface area (Å²) in [6, 6.07) is 7.62. The van der Waals surface area contributed by atoms with E-state index in [0.29, 0.717) is 16.7 Å². The number of hydrogen-bond acceptors (Lipinski definition) is 4. The highest BCUT2D eigenvalue weighted by molar-refractivity contribution is 5.72. The highest BCUT2D eigenvalue weighted by atomic mass is 16.3. The van der Waals surface area contributed by atoms with Crippen LogP contribution in [0.3, 0.4) is 0 Å². The number of phenols is 4. The quantitative estimate of drug-likeness (QED) is 0.511. The van der Waals surface area contributed by atoms with E-state index in [0.717, 1.165) is 0 Å². The maximum Gasteiger partial charge on any atom is 0.157 e. The Bertz CT molecular complexity index is 664. The number of rotatable bonds is 3. The second-order valence-corrected chi connectivity index (χ2v) is 5.21. The van der Waals surface area contributed by atoms with E-state index in [1.807, 2.05) is 13.8 Å². The average Bonchev–Trinajstić information content (AvgIpc) is 2.39. The van der Waals surface area contributed by atoms with Crippen LogP contribution in [0.2, 0.25) is 0 Å². The highest BCUT2D eigenvalue weighted by Gasteiger charge is 2.12. The summed E-state index contributed by atoms with van der Waals surface area (Å²) in [6.45, 7) is 3.78. The first-order chi connectivity index (χ1) is 9.88. The van der Waals surface area contributed by atoms with Crippen molar-refractivity contribution in [3.63, 3.8) is 0 Å². The van der Waals surface area contributed by atoms with Crippen molar-refractivity contribution in [2.45, 2.75) is 19.8 Å². The van der Waals surface area contributed by atoms with Gasteiger partial charge in [0.15, 0.2) is 11.5 Å². The zero-order chi connectivity index (χ0) is 15.6. The van der Waals surface area contributed by atoms with E-state index in [9.17, 15) is 20.4 Å². The Kier molecular flexibility index (Phi) is 4.08. The lowest BCUT2D eigenvalue weighted by Crippen LogP contribution is -1.90. The maximum absolute atomic E-state index is 9.95. The normalized spacial score (nSPS) is 11.4. The Morgan fingerprint density at radius 3 is 1.76 bits per heavy atom. The Morgan fingerprint density at radius 1 is 0.714 bits per heavy atom. The molecule has 0 spiro atoms. The molecular formula is C17H18O4. The van der Waals surface area contributed by atoms with Crippen molar-refractivity contribution in [2.24, 2.45) is 0 Å². The zero-order valence-corrected chi connectivity index (χ0v) is 11.9. The molecule has 4 N–H and O–H groups in total. The summed E-state index contributed by atoms with van der Waals surface area (Å²) in [7, 11) is 0. The van der Waals surface area contributed by atoms with Crippen molar-refractivity contribution in [3.05, 3.63) is 47.0 Å². The molecule has 0 aromatic heterocycles. The van der Waals surface area contributed by atoms with Gasteiger partial charge >= 0.3 is 0 Å². The first kappa shape index (κ1) is 14.8. The van der Waals surface area contributed by atoms with Gasteiger partial charge in [-0.05, 0) is 41.3 Å². The Hall–Kier alpha value is -2.62. The third-order valence-corrected chi connectivity index (χ3v) is 3.20. The van der Waals surface area contributed by atoms with Gasteiger partial charge in [-0.15, -0.1) is 0 Å². The molecule has 21 heavy (non-hydrogen) atoms. The van der Waals surface area contributed by atoms with Gasteiger partial charge in [0.25, 0.3) is 0 Å². The molecule has 110 valence electrons. The van der Waals surface area contributed by atoms with Gasteiger partial charge in [0, 0.05) is 5.56 Å². The molecule has 2 aromatic carbocycles. The van der Waals surface area contributed by atoms with Crippen LogP contribution < -0.4 is 0 Å². The van der Waals surface area contributed by atoms with Crippen molar-refractivity contribution in [2.75, 3.05) is 0 Å². The summed E-state index contributed by atoms with van der Waals surface area (Å²) in [5.74, 6) is -0.241. The van der Waals surface area contributed by atoms with Gasteiger partial charge in [0.1, 0.15) is 11.5 Å². The van der Waals surface area contributed by atoms with Crippen molar-refractivity contribution < 1.29 is 20.4 Å². The van der Waals surface area contributed by atoms with E-state index >= 15 is 0 Å². The van der Waals surface area contributed by atoms with Gasteiger partial charge in [0.2, 0.25) is 0 Å². The molecule has 2 rings (SSSR count). The smallest absolute Gasteiger partial charge is 0.157 e. The first-order valence-electron chi connectivity index (χ1n) is 6.64. The Morgan fingerprint density at radius 2 is 1.24 bits per heavy atom. The minimum absolute atomic E-state index is 0.0251. The van der Waals surface area contributed by atoms with Gasteiger partial charge in [-0.25, -0.2) is 0 Å². The van der Waals surface area contributed by atoms with E-state index in [-0.39, 0.29) is 28.9 Å². The fourth-order valence-electron chi connectivity index (χ4n) is 2.17. The molecular weight excluding hydrogens is 268 g/mol. The van der Waals surface area contributed by atoms with Crippen LogP contribution in [0.5, 0.6) is 23.0 Å². The van der Waals surface area contributed by atoms with Crippen molar-refractivity contribution >= 4 is 12.2 Å². The minimum atomic E-state index is -0.196. The Balaban J connectivity index is 2.31. The third kappa shape index (κ3) is 3.28. The van der Waals surface area contributed by atoms with Crippen LogP contribution in [-0.4, -0.2) is 20.4 Å². The first-order valence-corrected chi connectivity index (χ1v) is 6.64. The summed E-state index contributed by atoms with van der Waals surface area (Å²) in [5, 5.41) is 38.6. The topological polar surface area (TPSA) is 80.9 Å². The number of phenolic OH excluding ortho intramolecular Hbond substituents is 4. The van der Waals surface area contributed by atoms with Crippen LogP contribution in [0.25, 0.3) is 12.2 Å². The summed E-state index contributed by atoms with van der Waals surface area (Å²) < 4.78 is 0. The lowest BCUT2D eigenvalue weighted by Gasteiger charge is -2.11. The Labute approximate surface area is 123 Å². The molecule has 0 aliphatic carbocycles. The van der Waals surface area contributed by atoms with Gasteiger partial charge in [-0.1, -0.05) is 32.1 Å². The fourth-order valence-corrected chi connectivity index (χ4v) is 2.17. The van der Waals surface area contributed by atoms with Crippen molar-refractivity contribution in [1.29, 1.82) is 0 Å². The molecule has 0 aliphatic heterocycles. The molecule has 0 heterocycles. The number of hydrogen-bond donors (Lipinski definition) is 4. The average molecular weight is 286 g/mol. The maximum atomic E-state index is 9.95. The van der Waals surface area contributed by atoms with Crippen LogP contribution in [-0.2, 0) is 0 Å². The molecule has 0 fully saturated rings. The molecule has 0 radical (unpaired) electrons. The summed E-state index contributed by atoms with van der Waals surface area (Å²) in [4.78, 5) is 0. The van der Waals surface area contributed by atoms with Crippen LogP contribution in [0, 0.1) is 0 Å². The molecule has 4 heteroatoms. The lowest BCUT2D eigenvalue weighted by atomic mass is 9.98. The van der Waals surface area contributed by atoms with E-state index in [2.05, 4.69) is 0 Å². The molecule has 0 aliphatic rings. The van der Waals surface area contributed by atoms with Gasteiger partial charge in [-0.2, -0.15) is 0 Å². The molecule has 0 saturated carbocycles. The molecule has 2 aromatic rings. The standard InChI is InChI=1S/C17H18O4/c1-10(2)17-15(20)8-12(9-16(17)21)4-3-11-5-6-13(18)14(19)7-11/h3-10,18-21H,1-2H3/b4-3+. The zero-order valence-electron chi connectivity index (χ0n) is 11.9. The van der Waals surface area contributed by atoms with Gasteiger partial charge in [0.05, 0.1) is 0 Å². The molecule has 0 saturated heterocycles. The van der Waals surface area contributed by atoms with Gasteiger partial charge < -0.3 is 20.4 Å². The molecule has 0 bridgehead atoms. The summed E-state index contributed by atoms with van der Waals surface area (Å²) in [6.07, 6.45) is 3.41. The largest absolute Gasteiger partial charge is 0.507 e. The van der Waals surface area contributed by atoms with E-state index in [4.69, 9.17) is 0 Å². The summed E-state index contributed by atoms with van der Waals surface area (Å²) in [5.41, 5.74) is 1.86. The SMILES string of the molecule is CC(C)c1c(O)cc(/C=C/c2ccc(O)c(O)c2)cc1O. The molecule has 0 unspecified atom stereocenters. The molecule has 0 amide bonds. The minimum Gasteiger partial charge on any atom is -0.507 e. The summed E-state index contributed by atoms with van der Waals surface area (Å²) >= 11 is 0. The van der Waals surface area contributed by atoms with Crippen LogP contribution >= 0.6 is 0 Å². The number of aromatic hydroxyl groups is 4. The van der Waals surface area contributed by atoms with E-state index < -0.39 is 0 Å². The highest BCUT2D eigenvalue weighted by Crippen LogP contribution is 2.35. The molecule has 0 atom stereocenters. The predicted molar refractivity (Wildman–Crippen MR) is 82.6 cm³/mol. The predicted octanol–water partition coefficient (Wildman–Crippen LogP) is 3.80. The van der Waals surface area contributed by atoms with Crippen LogP contribution in [0.15, 0.2) is 30.3 Å². The second kappa shape index (κ2) is 5.79. The van der Waals surface area contributed by atoms with Crippen molar-refractivity contribution in [1.82, 2.24) is 0 Å². The fraction of sp³-hybridized carbons (Fsp3) is 0.176. The monoisotopic (exact) mass is 286 g/mol. The second-order valence-electron chi connectivity index (χ2n) is 5.21.